The van der Waals surface area contributed by atoms with Gasteiger partial charge in [-0.2, -0.15) is 13.2 Å². The Morgan fingerprint density at radius 1 is 1.40 bits per heavy atom. The van der Waals surface area contributed by atoms with Crippen LogP contribution >= 0.6 is 0 Å². The molecule has 2 nitrogen and oxygen atoms in total. The fraction of sp³-hybridized carbons (Fsp3) is 0.900. The van der Waals surface area contributed by atoms with Crippen LogP contribution in [-0.4, -0.2) is 35.0 Å². The summed E-state index contributed by atoms with van der Waals surface area (Å²) in [6, 6.07) is -0.268. The molecule has 1 saturated heterocycles. The first-order chi connectivity index (χ1) is 6.87. The monoisotopic (exact) mass is 221 g/mol. The predicted molar refractivity (Wildman–Crippen MR) is 48.4 cm³/mol. The van der Waals surface area contributed by atoms with Crippen molar-refractivity contribution in [2.75, 3.05) is 6.54 Å². The number of likely N-dealkylation sites (tertiary alicyclic amines) is 1. The maximum absolute atomic E-state index is 12.8. The molecule has 0 bridgehead atoms. The Morgan fingerprint density at radius 2 is 2.00 bits per heavy atom. The van der Waals surface area contributed by atoms with Crippen LogP contribution in [0.3, 0.4) is 0 Å². The number of hydrogen-bond acceptors (Lipinski definition) is 2. The van der Waals surface area contributed by atoms with Crippen LogP contribution in [0.2, 0.25) is 0 Å². The molecular weight excluding hydrogens is 207 g/mol. The normalized spacial score (nSPS) is 31.7. The molecule has 0 radical (unpaired) electrons. The number of alkyl halides is 3. The molecule has 0 N–H and O–H groups in total. The van der Waals surface area contributed by atoms with Crippen LogP contribution in [0, 0.1) is 0 Å². The zero-order chi connectivity index (χ0) is 11.3. The average Bonchev–Trinajstić information content (AvgIpc) is 2.83. The lowest BCUT2D eigenvalue weighted by Crippen LogP contribution is -2.55. The van der Waals surface area contributed by atoms with Crippen LogP contribution in [0.25, 0.3) is 0 Å². The minimum atomic E-state index is -4.15. The molecule has 1 aliphatic carbocycles. The molecule has 2 rings (SSSR count). The van der Waals surface area contributed by atoms with Crippen molar-refractivity contribution >= 4 is 5.78 Å². The second kappa shape index (κ2) is 3.20. The van der Waals surface area contributed by atoms with Crippen molar-refractivity contribution < 1.29 is 18.0 Å². The molecule has 5 heteroatoms. The van der Waals surface area contributed by atoms with Gasteiger partial charge in [-0.15, -0.1) is 0 Å². The Hall–Kier alpha value is -0.580. The Kier molecular flexibility index (Phi) is 2.33. The summed E-state index contributed by atoms with van der Waals surface area (Å²) >= 11 is 0. The van der Waals surface area contributed by atoms with E-state index in [4.69, 9.17) is 0 Å². The van der Waals surface area contributed by atoms with Gasteiger partial charge in [0.25, 0.3) is 0 Å². The van der Waals surface area contributed by atoms with Gasteiger partial charge in [0.2, 0.25) is 0 Å². The van der Waals surface area contributed by atoms with Gasteiger partial charge in [0.15, 0.2) is 0 Å². The topological polar surface area (TPSA) is 20.3 Å². The molecule has 0 spiro atoms. The Labute approximate surface area is 86.4 Å². The fourth-order valence-corrected chi connectivity index (χ4v) is 2.50. The van der Waals surface area contributed by atoms with E-state index in [-0.39, 0.29) is 44.1 Å². The van der Waals surface area contributed by atoms with Crippen molar-refractivity contribution in [2.45, 2.75) is 50.4 Å². The van der Waals surface area contributed by atoms with Crippen molar-refractivity contribution in [3.8, 4) is 0 Å². The molecule has 0 aromatic rings. The summed E-state index contributed by atoms with van der Waals surface area (Å²) in [4.78, 5) is 12.6. The third-order valence-corrected chi connectivity index (χ3v) is 3.49. The van der Waals surface area contributed by atoms with Crippen LogP contribution in [0.15, 0.2) is 0 Å². The Balaban J connectivity index is 2.14. The lowest BCUT2D eigenvalue weighted by Gasteiger charge is -2.40. The molecule has 0 aromatic carbocycles. The third kappa shape index (κ3) is 1.67. The summed E-state index contributed by atoms with van der Waals surface area (Å²) in [7, 11) is 0. The number of nitrogens with zero attached hydrogens (tertiary/aromatic N) is 1. The smallest absolute Gasteiger partial charge is 0.300 e. The number of halogens is 3. The zero-order valence-electron chi connectivity index (χ0n) is 8.60. The number of carbonyl (C=O) groups excluding carboxylic acids is 1. The molecule has 1 unspecified atom stereocenters. The molecule has 0 aromatic heterocycles. The zero-order valence-corrected chi connectivity index (χ0v) is 8.60. The molecule has 0 amide bonds. The van der Waals surface area contributed by atoms with Crippen LogP contribution in [-0.2, 0) is 4.79 Å². The van der Waals surface area contributed by atoms with E-state index in [0.717, 1.165) is 0 Å². The van der Waals surface area contributed by atoms with Gasteiger partial charge in [0, 0.05) is 25.4 Å². The SMILES string of the molecule is CC1CC(=O)CCN1C1(C(F)(F)F)CC1. The first kappa shape index (κ1) is 10.9. The summed E-state index contributed by atoms with van der Waals surface area (Å²) in [6.45, 7) is 1.97. The van der Waals surface area contributed by atoms with Crippen molar-refractivity contribution in [1.29, 1.82) is 0 Å². The van der Waals surface area contributed by atoms with E-state index in [2.05, 4.69) is 0 Å². The summed E-state index contributed by atoms with van der Waals surface area (Å²) in [6.07, 6.45) is -3.24. The first-order valence-electron chi connectivity index (χ1n) is 5.22. The highest BCUT2D eigenvalue weighted by atomic mass is 19.4. The molecule has 1 aliphatic heterocycles. The van der Waals surface area contributed by atoms with Gasteiger partial charge >= 0.3 is 6.18 Å². The number of carbonyl (C=O) groups is 1. The summed E-state index contributed by atoms with van der Waals surface area (Å²) in [5.41, 5.74) is -1.60. The van der Waals surface area contributed by atoms with E-state index in [1.807, 2.05) is 0 Å². The number of piperidine rings is 1. The van der Waals surface area contributed by atoms with E-state index >= 15 is 0 Å². The lowest BCUT2D eigenvalue weighted by atomic mass is 9.99. The van der Waals surface area contributed by atoms with Crippen molar-refractivity contribution in [1.82, 2.24) is 4.90 Å². The van der Waals surface area contributed by atoms with Crippen molar-refractivity contribution in [3.63, 3.8) is 0 Å². The second-order valence-corrected chi connectivity index (χ2v) is 4.56. The van der Waals surface area contributed by atoms with E-state index < -0.39 is 11.7 Å². The lowest BCUT2D eigenvalue weighted by molar-refractivity contribution is -0.204. The predicted octanol–water partition coefficient (Wildman–Crippen LogP) is 2.13. The maximum atomic E-state index is 12.8. The molecule has 1 atom stereocenters. The largest absolute Gasteiger partial charge is 0.406 e. The second-order valence-electron chi connectivity index (χ2n) is 4.56. The Bertz CT molecular complexity index is 283. The Morgan fingerprint density at radius 3 is 2.40 bits per heavy atom. The minimum Gasteiger partial charge on any atom is -0.300 e. The van der Waals surface area contributed by atoms with Gasteiger partial charge in [-0.05, 0) is 19.8 Å². The molecule has 2 aliphatic rings. The number of ketones is 1. The maximum Gasteiger partial charge on any atom is 0.406 e. The van der Waals surface area contributed by atoms with Crippen molar-refractivity contribution in [3.05, 3.63) is 0 Å². The van der Waals surface area contributed by atoms with Crippen LogP contribution in [0.5, 0.6) is 0 Å². The molecule has 1 saturated carbocycles. The van der Waals surface area contributed by atoms with Gasteiger partial charge in [-0.25, -0.2) is 0 Å². The highest BCUT2D eigenvalue weighted by Gasteiger charge is 2.67. The third-order valence-electron chi connectivity index (χ3n) is 3.49. The minimum absolute atomic E-state index is 0.0803. The van der Waals surface area contributed by atoms with E-state index in [1.165, 1.54) is 4.90 Å². The van der Waals surface area contributed by atoms with Crippen LogP contribution in [0.1, 0.15) is 32.6 Å². The summed E-state index contributed by atoms with van der Waals surface area (Å²) < 4.78 is 38.5. The molecule has 1 heterocycles. The van der Waals surface area contributed by atoms with E-state index in [9.17, 15) is 18.0 Å². The van der Waals surface area contributed by atoms with Gasteiger partial charge in [-0.1, -0.05) is 0 Å². The van der Waals surface area contributed by atoms with E-state index in [0.29, 0.717) is 0 Å². The first-order valence-corrected chi connectivity index (χ1v) is 5.22. The summed E-state index contributed by atoms with van der Waals surface area (Å²) in [5, 5.41) is 0. The quantitative estimate of drug-likeness (QED) is 0.676. The molecular formula is C10H14F3NO. The summed E-state index contributed by atoms with van der Waals surface area (Å²) in [5.74, 6) is 0.0803. The molecule has 15 heavy (non-hydrogen) atoms. The highest BCUT2D eigenvalue weighted by molar-refractivity contribution is 5.80. The number of hydrogen-bond donors (Lipinski definition) is 0. The van der Waals surface area contributed by atoms with Gasteiger partial charge in [0.05, 0.1) is 0 Å². The van der Waals surface area contributed by atoms with Gasteiger partial charge in [0.1, 0.15) is 11.3 Å². The van der Waals surface area contributed by atoms with Crippen LogP contribution in [0.4, 0.5) is 13.2 Å². The standard InChI is InChI=1S/C10H14F3NO/c1-7-6-8(15)2-5-14(7)9(3-4-9)10(11,12)13/h7H,2-6H2,1H3. The fourth-order valence-electron chi connectivity index (χ4n) is 2.50. The molecule has 86 valence electrons. The van der Waals surface area contributed by atoms with Gasteiger partial charge in [-0.3, -0.25) is 9.69 Å². The average molecular weight is 221 g/mol. The van der Waals surface area contributed by atoms with Crippen LogP contribution < -0.4 is 0 Å². The van der Waals surface area contributed by atoms with E-state index in [1.54, 1.807) is 6.92 Å². The van der Waals surface area contributed by atoms with Crippen molar-refractivity contribution in [2.24, 2.45) is 0 Å². The number of Topliss-reactive ketones (excluding diaryl/α,β-unsaturated/α-hetero) is 1. The van der Waals surface area contributed by atoms with Gasteiger partial charge < -0.3 is 0 Å². The number of rotatable bonds is 1. The molecule has 2 fully saturated rings. The highest BCUT2D eigenvalue weighted by Crippen LogP contribution is 2.54.